The van der Waals surface area contributed by atoms with E-state index in [-0.39, 0.29) is 11.3 Å². The minimum absolute atomic E-state index is 0.212. The van der Waals surface area contributed by atoms with Crippen molar-refractivity contribution in [3.05, 3.63) is 23.8 Å². The highest BCUT2D eigenvalue weighted by molar-refractivity contribution is 5.81. The predicted molar refractivity (Wildman–Crippen MR) is 81.1 cm³/mol. The molecule has 1 aliphatic rings. The van der Waals surface area contributed by atoms with E-state index in [0.717, 1.165) is 37.4 Å². The number of piperazine rings is 1. The molecule has 1 N–H and O–H groups in total. The third kappa shape index (κ3) is 3.06. The number of benzene rings is 1. The van der Waals surface area contributed by atoms with Gasteiger partial charge in [-0.05, 0) is 18.6 Å². The molecule has 0 atom stereocenters. The zero-order chi connectivity index (χ0) is 14.9. The molecule has 4 nitrogen and oxygen atoms in total. The SMILES string of the molecule is Cc1ccc(N2CCN(C(=O)C(C)(C)C)CC2)cc1O. The average Bonchev–Trinajstić information content (AvgIpc) is 2.40. The molecular weight excluding hydrogens is 252 g/mol. The van der Waals surface area contributed by atoms with Crippen molar-refractivity contribution in [1.82, 2.24) is 4.90 Å². The molecule has 1 heterocycles. The molecule has 1 amide bonds. The Hall–Kier alpha value is -1.71. The smallest absolute Gasteiger partial charge is 0.228 e. The molecule has 0 saturated carbocycles. The molecule has 4 heteroatoms. The molecule has 0 aromatic heterocycles. The monoisotopic (exact) mass is 276 g/mol. The summed E-state index contributed by atoms with van der Waals surface area (Å²) in [7, 11) is 0. The Labute approximate surface area is 121 Å². The number of hydrogen-bond acceptors (Lipinski definition) is 3. The van der Waals surface area contributed by atoms with Crippen LogP contribution in [0.3, 0.4) is 0 Å². The maximum Gasteiger partial charge on any atom is 0.228 e. The Kier molecular flexibility index (Phi) is 3.93. The molecule has 110 valence electrons. The summed E-state index contributed by atoms with van der Waals surface area (Å²) in [4.78, 5) is 16.4. The number of aromatic hydroxyl groups is 1. The summed E-state index contributed by atoms with van der Waals surface area (Å²) in [6.45, 7) is 10.9. The fourth-order valence-corrected chi connectivity index (χ4v) is 2.44. The van der Waals surface area contributed by atoms with Crippen molar-refractivity contribution in [1.29, 1.82) is 0 Å². The van der Waals surface area contributed by atoms with E-state index < -0.39 is 0 Å². The van der Waals surface area contributed by atoms with E-state index in [9.17, 15) is 9.90 Å². The minimum Gasteiger partial charge on any atom is -0.508 e. The Balaban J connectivity index is 2.01. The van der Waals surface area contributed by atoms with Crippen molar-refractivity contribution in [3.63, 3.8) is 0 Å². The number of amides is 1. The highest BCUT2D eigenvalue weighted by Gasteiger charge is 2.29. The quantitative estimate of drug-likeness (QED) is 0.856. The van der Waals surface area contributed by atoms with Crippen LogP contribution in [0, 0.1) is 12.3 Å². The molecule has 1 saturated heterocycles. The number of carbonyl (C=O) groups is 1. The molecule has 1 aromatic carbocycles. The topological polar surface area (TPSA) is 43.8 Å². The zero-order valence-corrected chi connectivity index (χ0v) is 12.8. The van der Waals surface area contributed by atoms with Crippen LogP contribution in [0.25, 0.3) is 0 Å². The molecule has 0 spiro atoms. The lowest BCUT2D eigenvalue weighted by molar-refractivity contribution is -0.139. The Morgan fingerprint density at radius 1 is 1.15 bits per heavy atom. The van der Waals surface area contributed by atoms with Crippen molar-refractivity contribution in [2.24, 2.45) is 5.41 Å². The normalized spacial score (nSPS) is 16.4. The van der Waals surface area contributed by atoms with Crippen molar-refractivity contribution >= 4 is 11.6 Å². The van der Waals surface area contributed by atoms with Gasteiger partial charge in [-0.25, -0.2) is 0 Å². The number of rotatable bonds is 1. The van der Waals surface area contributed by atoms with Gasteiger partial charge < -0.3 is 14.9 Å². The Morgan fingerprint density at radius 2 is 1.75 bits per heavy atom. The molecule has 1 aromatic rings. The van der Waals surface area contributed by atoms with E-state index in [1.807, 2.05) is 44.7 Å². The van der Waals surface area contributed by atoms with Crippen molar-refractivity contribution < 1.29 is 9.90 Å². The first kappa shape index (κ1) is 14.7. The van der Waals surface area contributed by atoms with Crippen molar-refractivity contribution in [2.75, 3.05) is 31.1 Å². The number of nitrogens with zero attached hydrogens (tertiary/aromatic N) is 2. The lowest BCUT2D eigenvalue weighted by atomic mass is 9.94. The molecule has 0 bridgehead atoms. The van der Waals surface area contributed by atoms with Gasteiger partial charge in [0.2, 0.25) is 5.91 Å². The van der Waals surface area contributed by atoms with Crippen LogP contribution >= 0.6 is 0 Å². The molecule has 1 fully saturated rings. The number of phenols is 1. The molecule has 0 radical (unpaired) electrons. The van der Waals surface area contributed by atoms with E-state index in [1.54, 1.807) is 6.07 Å². The average molecular weight is 276 g/mol. The van der Waals surface area contributed by atoms with E-state index in [0.29, 0.717) is 5.75 Å². The van der Waals surface area contributed by atoms with Crippen LogP contribution < -0.4 is 4.90 Å². The van der Waals surface area contributed by atoms with Gasteiger partial charge in [0.25, 0.3) is 0 Å². The summed E-state index contributed by atoms with van der Waals surface area (Å²) in [6, 6.07) is 5.75. The van der Waals surface area contributed by atoms with E-state index in [1.165, 1.54) is 0 Å². The standard InChI is InChI=1S/C16H24N2O2/c1-12-5-6-13(11-14(12)19)17-7-9-18(10-8-17)15(20)16(2,3)4/h5-6,11,19H,7-10H2,1-4H3. The molecule has 0 aliphatic carbocycles. The number of hydrogen-bond donors (Lipinski definition) is 1. The van der Waals surface area contributed by atoms with Crippen LogP contribution in [-0.2, 0) is 4.79 Å². The first-order valence-electron chi connectivity index (χ1n) is 7.13. The van der Waals surface area contributed by atoms with Gasteiger partial charge in [-0.3, -0.25) is 4.79 Å². The van der Waals surface area contributed by atoms with E-state index >= 15 is 0 Å². The summed E-state index contributed by atoms with van der Waals surface area (Å²) >= 11 is 0. The number of aryl methyl sites for hydroxylation is 1. The van der Waals surface area contributed by atoms with Gasteiger partial charge in [0.05, 0.1) is 0 Å². The largest absolute Gasteiger partial charge is 0.508 e. The van der Waals surface area contributed by atoms with Crippen LogP contribution in [0.1, 0.15) is 26.3 Å². The van der Waals surface area contributed by atoms with Gasteiger partial charge in [0, 0.05) is 43.3 Å². The molecular formula is C16H24N2O2. The third-order valence-electron chi connectivity index (χ3n) is 3.77. The van der Waals surface area contributed by atoms with Crippen LogP contribution in [0.5, 0.6) is 5.75 Å². The van der Waals surface area contributed by atoms with Crippen molar-refractivity contribution in [2.45, 2.75) is 27.7 Å². The summed E-state index contributed by atoms with van der Waals surface area (Å²) in [6.07, 6.45) is 0. The van der Waals surface area contributed by atoms with Crippen LogP contribution in [0.2, 0.25) is 0 Å². The second-order valence-corrected chi connectivity index (χ2v) is 6.50. The second-order valence-electron chi connectivity index (χ2n) is 6.50. The number of carbonyl (C=O) groups excluding carboxylic acids is 1. The lowest BCUT2D eigenvalue weighted by Crippen LogP contribution is -2.51. The zero-order valence-electron chi connectivity index (χ0n) is 12.8. The van der Waals surface area contributed by atoms with Gasteiger partial charge in [-0.2, -0.15) is 0 Å². The molecule has 1 aliphatic heterocycles. The molecule has 2 rings (SSSR count). The summed E-state index contributed by atoms with van der Waals surface area (Å²) in [5.74, 6) is 0.541. The Bertz CT molecular complexity index is 498. The number of phenolic OH excluding ortho intramolecular Hbond substituents is 1. The van der Waals surface area contributed by atoms with Crippen LogP contribution in [0.4, 0.5) is 5.69 Å². The fraction of sp³-hybridized carbons (Fsp3) is 0.562. The van der Waals surface area contributed by atoms with Crippen molar-refractivity contribution in [3.8, 4) is 5.75 Å². The van der Waals surface area contributed by atoms with Gasteiger partial charge in [0.15, 0.2) is 0 Å². The third-order valence-corrected chi connectivity index (χ3v) is 3.77. The van der Waals surface area contributed by atoms with Gasteiger partial charge >= 0.3 is 0 Å². The van der Waals surface area contributed by atoms with Gasteiger partial charge in [0.1, 0.15) is 5.75 Å². The maximum absolute atomic E-state index is 12.2. The van der Waals surface area contributed by atoms with Gasteiger partial charge in [-0.1, -0.05) is 26.8 Å². The minimum atomic E-state index is -0.315. The van der Waals surface area contributed by atoms with E-state index in [2.05, 4.69) is 4.90 Å². The lowest BCUT2D eigenvalue weighted by Gasteiger charge is -2.38. The first-order valence-corrected chi connectivity index (χ1v) is 7.13. The molecule has 0 unspecified atom stereocenters. The second kappa shape index (κ2) is 5.35. The maximum atomic E-state index is 12.2. The summed E-state index contributed by atoms with van der Waals surface area (Å²) < 4.78 is 0. The first-order chi connectivity index (χ1) is 9.29. The van der Waals surface area contributed by atoms with Crippen LogP contribution in [-0.4, -0.2) is 42.1 Å². The summed E-state index contributed by atoms with van der Waals surface area (Å²) in [5.41, 5.74) is 1.59. The molecule has 20 heavy (non-hydrogen) atoms. The predicted octanol–water partition coefficient (Wildman–Crippen LogP) is 2.40. The summed E-state index contributed by atoms with van der Waals surface area (Å²) in [5, 5.41) is 9.79. The van der Waals surface area contributed by atoms with Gasteiger partial charge in [-0.15, -0.1) is 0 Å². The Morgan fingerprint density at radius 3 is 2.25 bits per heavy atom. The number of anilines is 1. The van der Waals surface area contributed by atoms with Crippen LogP contribution in [0.15, 0.2) is 18.2 Å². The van der Waals surface area contributed by atoms with E-state index in [4.69, 9.17) is 0 Å². The fourth-order valence-electron chi connectivity index (χ4n) is 2.44. The highest BCUT2D eigenvalue weighted by Crippen LogP contribution is 2.25. The highest BCUT2D eigenvalue weighted by atomic mass is 16.3.